The number of nitrogens with zero attached hydrogens (tertiary/aromatic N) is 5. The van der Waals surface area contributed by atoms with Gasteiger partial charge in [-0.1, -0.05) is 26.8 Å². The zero-order chi connectivity index (χ0) is 23.5. The van der Waals surface area contributed by atoms with E-state index >= 15 is 0 Å². The summed E-state index contributed by atoms with van der Waals surface area (Å²) in [5.41, 5.74) is 12.3. The van der Waals surface area contributed by atoms with Gasteiger partial charge >= 0.3 is 0 Å². The molecule has 1 aliphatic heterocycles. The summed E-state index contributed by atoms with van der Waals surface area (Å²) < 4.78 is 0. The lowest BCUT2D eigenvalue weighted by Gasteiger charge is -2.42. The number of hydrogen-bond acceptors (Lipinski definition) is 6. The maximum atomic E-state index is 9.95. The zero-order valence-corrected chi connectivity index (χ0v) is 20.1. The standard InChI is InChI=1S/C27H34N6/c1-4-17(3)20-10-11-23(30)22(14-29)26(20)19-8-9-21-24(13-19)31-25(5-2)32-27(21)33-15-18(16-33)7-6-12-28/h10-11,17-19H,4-9,13,15-16,30H2,1-3H3/t17-,19?/m0/s1. The maximum Gasteiger partial charge on any atom is 0.135 e. The highest BCUT2D eigenvalue weighted by atomic mass is 15.2. The van der Waals surface area contributed by atoms with E-state index in [1.54, 1.807) is 0 Å². The molecule has 172 valence electrons. The third-order valence-electron chi connectivity index (χ3n) is 7.51. The van der Waals surface area contributed by atoms with Gasteiger partial charge in [-0.15, -0.1) is 0 Å². The molecule has 4 rings (SSSR count). The van der Waals surface area contributed by atoms with Crippen molar-refractivity contribution in [2.24, 2.45) is 5.92 Å². The fourth-order valence-electron chi connectivity index (χ4n) is 5.37. The van der Waals surface area contributed by atoms with Crippen LogP contribution in [0.2, 0.25) is 0 Å². The van der Waals surface area contributed by atoms with Crippen LogP contribution in [0.3, 0.4) is 0 Å². The molecule has 2 atom stereocenters. The smallest absolute Gasteiger partial charge is 0.135 e. The lowest BCUT2D eigenvalue weighted by atomic mass is 9.76. The molecule has 1 aliphatic carbocycles. The summed E-state index contributed by atoms with van der Waals surface area (Å²) in [4.78, 5) is 12.2. The number of nitriles is 2. The molecule has 6 nitrogen and oxygen atoms in total. The quantitative estimate of drug-likeness (QED) is 0.604. The van der Waals surface area contributed by atoms with Crippen molar-refractivity contribution in [1.82, 2.24) is 9.97 Å². The lowest BCUT2D eigenvalue weighted by Crippen LogP contribution is -2.48. The van der Waals surface area contributed by atoms with E-state index in [4.69, 9.17) is 21.0 Å². The summed E-state index contributed by atoms with van der Waals surface area (Å²) >= 11 is 0. The van der Waals surface area contributed by atoms with Crippen LogP contribution >= 0.6 is 0 Å². The molecule has 1 saturated heterocycles. The molecule has 0 amide bonds. The number of aromatic nitrogens is 2. The average molecular weight is 443 g/mol. The minimum Gasteiger partial charge on any atom is -0.398 e. The first kappa shape index (κ1) is 23.1. The molecule has 0 bridgehead atoms. The van der Waals surface area contributed by atoms with Gasteiger partial charge in [0.05, 0.1) is 17.3 Å². The van der Waals surface area contributed by atoms with Crippen molar-refractivity contribution in [1.29, 1.82) is 10.5 Å². The molecule has 0 radical (unpaired) electrons. The fourth-order valence-corrected chi connectivity index (χ4v) is 5.37. The van der Waals surface area contributed by atoms with Gasteiger partial charge in [-0.3, -0.25) is 0 Å². The van der Waals surface area contributed by atoms with Crippen LogP contribution in [0.4, 0.5) is 11.5 Å². The molecule has 2 aromatic rings. The van der Waals surface area contributed by atoms with Gasteiger partial charge in [0.25, 0.3) is 0 Å². The average Bonchev–Trinajstić information content (AvgIpc) is 2.81. The second-order valence-electron chi connectivity index (χ2n) is 9.60. The Kier molecular flexibility index (Phi) is 6.84. The first-order valence-electron chi connectivity index (χ1n) is 12.3. The van der Waals surface area contributed by atoms with E-state index in [-0.39, 0.29) is 5.92 Å². The predicted molar refractivity (Wildman–Crippen MR) is 131 cm³/mol. The molecule has 33 heavy (non-hydrogen) atoms. The van der Waals surface area contributed by atoms with E-state index in [0.717, 1.165) is 74.5 Å². The van der Waals surface area contributed by atoms with Crippen molar-refractivity contribution in [3.63, 3.8) is 0 Å². The first-order chi connectivity index (χ1) is 16.0. The predicted octanol–water partition coefficient (Wildman–Crippen LogP) is 5.02. The van der Waals surface area contributed by atoms with E-state index < -0.39 is 0 Å². The second-order valence-corrected chi connectivity index (χ2v) is 9.60. The van der Waals surface area contributed by atoms with Crippen molar-refractivity contribution in [3.8, 4) is 12.1 Å². The molecule has 6 heteroatoms. The number of anilines is 2. The molecule has 2 aliphatic rings. The zero-order valence-electron chi connectivity index (χ0n) is 20.1. The summed E-state index contributed by atoms with van der Waals surface area (Å²) in [6.07, 6.45) is 6.14. The van der Waals surface area contributed by atoms with E-state index in [0.29, 0.717) is 29.5 Å². The largest absolute Gasteiger partial charge is 0.398 e. The Morgan fingerprint density at radius 2 is 2.00 bits per heavy atom. The Morgan fingerprint density at radius 3 is 2.67 bits per heavy atom. The highest BCUT2D eigenvalue weighted by Gasteiger charge is 2.34. The molecular weight excluding hydrogens is 408 g/mol. The number of nitrogen functional groups attached to an aromatic ring is 1. The number of nitrogens with two attached hydrogens (primary N) is 1. The van der Waals surface area contributed by atoms with Crippen LogP contribution in [0, 0.1) is 28.6 Å². The third kappa shape index (κ3) is 4.40. The summed E-state index contributed by atoms with van der Waals surface area (Å²) in [5.74, 6) is 3.19. The van der Waals surface area contributed by atoms with Gasteiger partial charge < -0.3 is 10.6 Å². The topological polar surface area (TPSA) is 103 Å². The number of fused-ring (bicyclic) bond motifs is 1. The highest BCUT2D eigenvalue weighted by molar-refractivity contribution is 5.63. The molecule has 1 aromatic heterocycles. The summed E-state index contributed by atoms with van der Waals surface area (Å²) in [6, 6.07) is 8.69. The van der Waals surface area contributed by atoms with Crippen molar-refractivity contribution in [3.05, 3.63) is 45.9 Å². The van der Waals surface area contributed by atoms with Gasteiger partial charge in [-0.25, -0.2) is 9.97 Å². The van der Waals surface area contributed by atoms with Crippen LogP contribution in [-0.4, -0.2) is 23.1 Å². The van der Waals surface area contributed by atoms with Crippen LogP contribution in [0.5, 0.6) is 0 Å². The monoisotopic (exact) mass is 442 g/mol. The molecule has 1 unspecified atom stereocenters. The molecule has 0 spiro atoms. The van der Waals surface area contributed by atoms with Crippen molar-refractivity contribution in [2.75, 3.05) is 23.7 Å². The summed E-state index contributed by atoms with van der Waals surface area (Å²) in [6.45, 7) is 8.48. The maximum absolute atomic E-state index is 9.95. The van der Waals surface area contributed by atoms with Gasteiger partial charge in [0, 0.05) is 37.2 Å². The normalized spacial score (nSPS) is 18.7. The Balaban J connectivity index is 1.67. The Morgan fingerprint density at radius 1 is 1.21 bits per heavy atom. The third-order valence-corrected chi connectivity index (χ3v) is 7.51. The summed E-state index contributed by atoms with van der Waals surface area (Å²) in [7, 11) is 0. The van der Waals surface area contributed by atoms with Crippen molar-refractivity contribution < 1.29 is 0 Å². The van der Waals surface area contributed by atoms with Crippen molar-refractivity contribution >= 4 is 11.5 Å². The molecular formula is C27H34N6. The van der Waals surface area contributed by atoms with Crippen molar-refractivity contribution in [2.45, 2.75) is 77.6 Å². The first-order valence-corrected chi connectivity index (χ1v) is 12.3. The van der Waals surface area contributed by atoms with E-state index in [2.05, 4.69) is 43.9 Å². The van der Waals surface area contributed by atoms with Crippen LogP contribution in [0.15, 0.2) is 12.1 Å². The summed E-state index contributed by atoms with van der Waals surface area (Å²) in [5, 5.41) is 18.8. The van der Waals surface area contributed by atoms with Crippen LogP contribution in [-0.2, 0) is 19.3 Å². The Bertz CT molecular complexity index is 1100. The molecule has 2 N–H and O–H groups in total. The van der Waals surface area contributed by atoms with E-state index in [9.17, 15) is 5.26 Å². The SMILES string of the molecule is CCc1nc2c(c(N3CC(CCC#N)C3)n1)CCC(c1c([C@@H](C)CC)ccc(N)c1C#N)C2. The van der Waals surface area contributed by atoms with Gasteiger partial charge in [0.1, 0.15) is 17.7 Å². The minimum atomic E-state index is 0.242. The molecule has 0 saturated carbocycles. The fraction of sp³-hybridized carbons (Fsp3) is 0.556. The number of rotatable bonds is 7. The van der Waals surface area contributed by atoms with Crippen LogP contribution in [0.1, 0.15) is 92.1 Å². The van der Waals surface area contributed by atoms with Gasteiger partial charge in [0.15, 0.2) is 0 Å². The molecule has 2 heterocycles. The molecule has 1 fully saturated rings. The van der Waals surface area contributed by atoms with E-state index in [1.807, 2.05) is 6.07 Å². The van der Waals surface area contributed by atoms with Gasteiger partial charge in [0.2, 0.25) is 0 Å². The van der Waals surface area contributed by atoms with E-state index in [1.165, 1.54) is 11.1 Å². The Labute approximate surface area is 197 Å². The molecule has 1 aromatic carbocycles. The lowest BCUT2D eigenvalue weighted by molar-refractivity contribution is 0.383. The number of hydrogen-bond donors (Lipinski definition) is 1. The number of aryl methyl sites for hydroxylation is 1. The van der Waals surface area contributed by atoms with Gasteiger partial charge in [-0.2, -0.15) is 10.5 Å². The highest BCUT2D eigenvalue weighted by Crippen LogP contribution is 2.42. The second kappa shape index (κ2) is 9.79. The van der Waals surface area contributed by atoms with Crippen LogP contribution < -0.4 is 10.6 Å². The van der Waals surface area contributed by atoms with Gasteiger partial charge in [-0.05, 0) is 67.1 Å². The number of benzene rings is 1. The minimum absolute atomic E-state index is 0.242. The van der Waals surface area contributed by atoms with Crippen LogP contribution in [0.25, 0.3) is 0 Å². The Hall–Kier alpha value is -3.12.